The largest absolute Gasteiger partial charge is 0.369 e. The minimum absolute atomic E-state index is 0.237. The summed E-state index contributed by atoms with van der Waals surface area (Å²) < 4.78 is 26.5. The van der Waals surface area contributed by atoms with E-state index >= 15 is 0 Å². The Morgan fingerprint density at radius 3 is 2.85 bits per heavy atom. The van der Waals surface area contributed by atoms with Gasteiger partial charge in [-0.25, -0.2) is 6.57 Å². The van der Waals surface area contributed by atoms with Crippen molar-refractivity contribution in [3.8, 4) is 0 Å². The highest BCUT2D eigenvalue weighted by Crippen LogP contribution is 2.43. The molecule has 2 unspecified atom stereocenters. The summed E-state index contributed by atoms with van der Waals surface area (Å²) in [6, 6.07) is 0. The summed E-state index contributed by atoms with van der Waals surface area (Å²) in [5.74, 6) is 0.654. The quantitative estimate of drug-likeness (QED) is 0.106. The Balaban J connectivity index is 2.25. The highest BCUT2D eigenvalue weighted by atomic mass is 32.1. The Kier molecular flexibility index (Phi) is 11.4. The number of nitrogens with one attached hydrogen (secondary N) is 3. The zero-order chi connectivity index (χ0) is 24.4. The summed E-state index contributed by atoms with van der Waals surface area (Å²) >= 11 is 5.41. The van der Waals surface area contributed by atoms with Crippen LogP contribution in [0.15, 0.2) is 16.0 Å². The number of H-pyrrole nitrogens is 1. The lowest BCUT2D eigenvalue weighted by Gasteiger charge is -2.27. The summed E-state index contributed by atoms with van der Waals surface area (Å²) in [5, 5.41) is 6.11. The molecular formula is C20H33N6O5PS. The summed E-state index contributed by atoms with van der Waals surface area (Å²) in [7, 11) is 2.23. The molecule has 184 valence electrons. The summed E-state index contributed by atoms with van der Waals surface area (Å²) in [6.07, 6.45) is 0.604. The molecule has 0 saturated carbocycles. The molecule has 0 aromatic carbocycles. The summed E-state index contributed by atoms with van der Waals surface area (Å²) in [5.41, 5.74) is 0.280. The topological polar surface area (TPSA) is 115 Å². The number of ether oxygens (including phenoxy) is 2. The van der Waals surface area contributed by atoms with Crippen molar-refractivity contribution < 1.29 is 18.5 Å². The van der Waals surface area contributed by atoms with Crippen LogP contribution in [-0.4, -0.2) is 80.9 Å². The predicted molar refractivity (Wildman–Crippen MR) is 130 cm³/mol. The van der Waals surface area contributed by atoms with Crippen molar-refractivity contribution in [2.75, 3.05) is 47.1 Å². The third-order valence-electron chi connectivity index (χ3n) is 5.02. The summed E-state index contributed by atoms with van der Waals surface area (Å²) in [6.45, 7) is 13.9. The van der Waals surface area contributed by atoms with E-state index in [0.29, 0.717) is 37.7 Å². The molecular weight excluding hydrogens is 467 g/mol. The molecule has 11 nitrogen and oxygen atoms in total. The Labute approximate surface area is 200 Å². The maximum Gasteiger partial charge on any atom is 0.254 e. The molecule has 1 fully saturated rings. The van der Waals surface area contributed by atoms with Crippen molar-refractivity contribution in [3.05, 3.63) is 38.3 Å². The highest BCUT2D eigenvalue weighted by Gasteiger charge is 2.47. The third kappa shape index (κ3) is 7.57. The van der Waals surface area contributed by atoms with Crippen LogP contribution in [0, 0.1) is 18.3 Å². The minimum atomic E-state index is -1.24. The molecule has 0 aliphatic carbocycles. The van der Waals surface area contributed by atoms with Crippen molar-refractivity contribution in [1.82, 2.24) is 20.2 Å². The first-order chi connectivity index (χ1) is 15.9. The van der Waals surface area contributed by atoms with Crippen molar-refractivity contribution in [3.63, 3.8) is 0 Å². The van der Waals surface area contributed by atoms with Gasteiger partial charge in [-0.3, -0.25) is 19.3 Å². The normalized spacial score (nSPS) is 23.8. The second-order valence-electron chi connectivity index (χ2n) is 7.26. The lowest BCUT2D eigenvalue weighted by atomic mass is 10.1. The number of guanidine groups is 1. The molecule has 1 aliphatic rings. The first-order valence-corrected chi connectivity index (χ1v) is 12.7. The highest BCUT2D eigenvalue weighted by molar-refractivity contribution is 7.71. The van der Waals surface area contributed by atoms with Crippen LogP contribution in [0.25, 0.3) is 4.85 Å². The molecule has 13 heteroatoms. The van der Waals surface area contributed by atoms with Gasteiger partial charge in [-0.1, -0.05) is 6.92 Å². The van der Waals surface area contributed by atoms with E-state index in [-0.39, 0.29) is 23.0 Å². The van der Waals surface area contributed by atoms with Crippen molar-refractivity contribution >= 4 is 26.6 Å². The molecule has 2 heterocycles. The molecule has 5 atom stereocenters. The average Bonchev–Trinajstić information content (AvgIpc) is 3.13. The van der Waals surface area contributed by atoms with Gasteiger partial charge in [0.1, 0.15) is 18.8 Å². The monoisotopic (exact) mass is 500 g/mol. The summed E-state index contributed by atoms with van der Waals surface area (Å²) in [4.78, 5) is 22.1. The average molecular weight is 501 g/mol. The zero-order valence-electron chi connectivity index (χ0n) is 19.7. The first kappa shape index (κ1) is 27.4. The molecule has 3 N–H and O–H groups in total. The maximum atomic E-state index is 12.0. The van der Waals surface area contributed by atoms with Gasteiger partial charge in [-0.05, 0) is 25.6 Å². The number of rotatable bonds is 11. The Morgan fingerprint density at radius 2 is 2.21 bits per heavy atom. The zero-order valence-corrected chi connectivity index (χ0v) is 21.4. The number of nitrogens with zero attached hydrogens (tertiary/aromatic N) is 3. The van der Waals surface area contributed by atoms with E-state index in [4.69, 9.17) is 37.3 Å². The molecule has 0 bridgehead atoms. The smallest absolute Gasteiger partial charge is 0.254 e. The van der Waals surface area contributed by atoms with E-state index in [1.165, 1.54) is 0 Å². The van der Waals surface area contributed by atoms with Crippen molar-refractivity contribution in [2.24, 2.45) is 4.99 Å². The van der Waals surface area contributed by atoms with Gasteiger partial charge in [0.2, 0.25) is 6.54 Å². The number of hydrogen-bond donors (Lipinski definition) is 3. The predicted octanol–water partition coefficient (Wildman–Crippen LogP) is 1.96. The van der Waals surface area contributed by atoms with Crippen LogP contribution in [0.2, 0.25) is 0 Å². The fourth-order valence-corrected chi connectivity index (χ4v) is 4.65. The Bertz CT molecular complexity index is 948. The standard InChI is InChI=1S/C20H33N6O5PS/c1-7-14-15(31-32(6)29-11-8-21-3)16(28-10-9-24-19(22-4)23-5)18(30-14)26-12-13(2)17(27)25-20(26)33/h12,14-16,18H,7-11H2,1-2,4-6H3,(H2,22,23,24)(H,25,27,33)/t14-,15?,16+,18-,32?/m1/s1. The van der Waals surface area contributed by atoms with Crippen LogP contribution in [0.3, 0.4) is 0 Å². The molecule has 33 heavy (non-hydrogen) atoms. The Hall–Kier alpha value is -1.87. The number of aromatic nitrogens is 2. The van der Waals surface area contributed by atoms with Gasteiger partial charge in [0, 0.05) is 39.1 Å². The van der Waals surface area contributed by atoms with Gasteiger partial charge in [0.05, 0.1) is 12.7 Å². The van der Waals surface area contributed by atoms with Crippen LogP contribution in [0.5, 0.6) is 0 Å². The Morgan fingerprint density at radius 1 is 1.45 bits per heavy atom. The van der Waals surface area contributed by atoms with E-state index in [2.05, 4.69) is 25.5 Å². The third-order valence-corrected chi connectivity index (χ3v) is 6.42. The van der Waals surface area contributed by atoms with Gasteiger partial charge in [0.15, 0.2) is 25.3 Å². The fourth-order valence-electron chi connectivity index (χ4n) is 3.40. The number of aromatic amines is 1. The van der Waals surface area contributed by atoms with E-state index in [0.717, 1.165) is 0 Å². The SMILES string of the molecule is [C-]#[N+]CCOP(C)OC1[C@@H](CC)O[C@@H](n2cc(C)c(=O)[nH]c2=S)[C@H]1OCCNC(=NC)NC. The van der Waals surface area contributed by atoms with E-state index in [9.17, 15) is 4.79 Å². The van der Waals surface area contributed by atoms with Gasteiger partial charge in [-0.15, -0.1) is 0 Å². The van der Waals surface area contributed by atoms with Crippen LogP contribution < -0.4 is 16.2 Å². The van der Waals surface area contributed by atoms with Gasteiger partial charge in [0.25, 0.3) is 5.56 Å². The lowest BCUT2D eigenvalue weighted by molar-refractivity contribution is -0.0670. The molecule has 0 radical (unpaired) electrons. The molecule has 1 aromatic rings. The maximum absolute atomic E-state index is 12.0. The van der Waals surface area contributed by atoms with E-state index in [1.54, 1.807) is 31.8 Å². The van der Waals surface area contributed by atoms with Crippen LogP contribution in [0.1, 0.15) is 25.1 Å². The molecule has 1 aromatic heterocycles. The molecule has 0 spiro atoms. The first-order valence-electron chi connectivity index (χ1n) is 10.7. The number of aryl methyl sites for hydroxylation is 1. The second kappa shape index (κ2) is 13.7. The minimum Gasteiger partial charge on any atom is -0.369 e. The van der Waals surface area contributed by atoms with Gasteiger partial charge >= 0.3 is 0 Å². The van der Waals surface area contributed by atoms with Crippen molar-refractivity contribution in [2.45, 2.75) is 44.8 Å². The lowest BCUT2D eigenvalue weighted by Crippen LogP contribution is -2.40. The fraction of sp³-hybridized carbons (Fsp3) is 0.700. The van der Waals surface area contributed by atoms with Crippen LogP contribution in [0.4, 0.5) is 0 Å². The van der Waals surface area contributed by atoms with Gasteiger partial charge in [-0.2, -0.15) is 0 Å². The van der Waals surface area contributed by atoms with Crippen LogP contribution >= 0.6 is 20.6 Å². The molecule has 1 saturated heterocycles. The molecule has 0 amide bonds. The van der Waals surface area contributed by atoms with Crippen molar-refractivity contribution in [1.29, 1.82) is 0 Å². The number of aliphatic imine (C=N–C) groups is 1. The molecule has 2 rings (SSSR count). The second-order valence-corrected chi connectivity index (χ2v) is 9.00. The van der Waals surface area contributed by atoms with Gasteiger partial charge < -0.3 is 34.0 Å². The molecule has 1 aliphatic heterocycles. The van der Waals surface area contributed by atoms with E-state index in [1.807, 2.05) is 13.6 Å². The van der Waals surface area contributed by atoms with Crippen LogP contribution in [-0.2, 0) is 18.5 Å². The number of hydrogen-bond acceptors (Lipinski definition) is 7. The van der Waals surface area contributed by atoms with E-state index < -0.39 is 26.8 Å².